The Labute approximate surface area is 167 Å². The number of hydrogen-bond acceptors (Lipinski definition) is 2. The zero-order valence-electron chi connectivity index (χ0n) is 15.6. The maximum absolute atomic E-state index is 12.9. The van der Waals surface area contributed by atoms with E-state index in [1.165, 1.54) is 0 Å². The molecule has 4 aromatic carbocycles. The zero-order valence-corrected chi connectivity index (χ0v) is 15.6. The molecule has 1 heterocycles. The van der Waals surface area contributed by atoms with Crippen LogP contribution in [0.25, 0.3) is 32.9 Å². The number of fused-ring (bicyclic) bond motifs is 2. The Bertz CT molecular complexity index is 1410. The van der Waals surface area contributed by atoms with Crippen molar-refractivity contribution in [2.24, 2.45) is 0 Å². The van der Waals surface area contributed by atoms with E-state index in [1.54, 1.807) is 0 Å². The van der Waals surface area contributed by atoms with Crippen LogP contribution in [0.3, 0.4) is 0 Å². The van der Waals surface area contributed by atoms with Crippen molar-refractivity contribution < 1.29 is 4.79 Å². The molecule has 5 aromatic rings. The Morgan fingerprint density at radius 1 is 0.586 bits per heavy atom. The second kappa shape index (κ2) is 6.88. The van der Waals surface area contributed by atoms with Gasteiger partial charge in [0, 0.05) is 32.9 Å². The first kappa shape index (κ1) is 17.1. The molecule has 3 heteroatoms. The van der Waals surface area contributed by atoms with Gasteiger partial charge in [0.25, 0.3) is 0 Å². The summed E-state index contributed by atoms with van der Waals surface area (Å²) in [7, 11) is 0. The zero-order chi connectivity index (χ0) is 19.8. The molecule has 0 radical (unpaired) electrons. The van der Waals surface area contributed by atoms with Gasteiger partial charge >= 0.3 is 0 Å². The minimum Gasteiger partial charge on any atom is -0.354 e. The van der Waals surface area contributed by atoms with Gasteiger partial charge in [0.2, 0.25) is 0 Å². The summed E-state index contributed by atoms with van der Waals surface area (Å²) in [6.07, 6.45) is 0. The molecule has 0 atom stereocenters. The minimum absolute atomic E-state index is 0.00132. The molecule has 0 spiro atoms. The highest BCUT2D eigenvalue weighted by molar-refractivity contribution is 6.09. The summed E-state index contributed by atoms with van der Waals surface area (Å²) in [5.74, 6) is -0.00132. The van der Waals surface area contributed by atoms with Crippen LogP contribution in [0.15, 0.2) is 102 Å². The van der Waals surface area contributed by atoms with Gasteiger partial charge in [-0.2, -0.15) is 0 Å². The number of aromatic nitrogens is 1. The molecular weight excluding hydrogens is 358 g/mol. The average Bonchev–Trinajstić information content (AvgIpc) is 2.79. The van der Waals surface area contributed by atoms with Gasteiger partial charge in [0.1, 0.15) is 0 Å². The number of nitrogens with one attached hydrogen (secondary N) is 1. The molecule has 0 aliphatic rings. The smallest absolute Gasteiger partial charge is 0.197 e. The van der Waals surface area contributed by atoms with Crippen molar-refractivity contribution in [2.75, 3.05) is 0 Å². The summed E-state index contributed by atoms with van der Waals surface area (Å²) < 4.78 is 0. The van der Waals surface area contributed by atoms with Crippen molar-refractivity contribution >= 4 is 27.6 Å². The molecule has 1 aromatic heterocycles. The van der Waals surface area contributed by atoms with E-state index >= 15 is 0 Å². The number of hydrogen-bond donors (Lipinski definition) is 1. The predicted octanol–water partition coefficient (Wildman–Crippen LogP) is 5.58. The fourth-order valence-electron chi connectivity index (χ4n) is 3.67. The van der Waals surface area contributed by atoms with E-state index in [9.17, 15) is 9.59 Å². The fourth-order valence-corrected chi connectivity index (χ4v) is 3.67. The maximum atomic E-state index is 12.9. The third-order valence-corrected chi connectivity index (χ3v) is 5.22. The van der Waals surface area contributed by atoms with Crippen LogP contribution in [0.5, 0.6) is 0 Å². The van der Waals surface area contributed by atoms with Gasteiger partial charge in [-0.15, -0.1) is 0 Å². The summed E-state index contributed by atoms with van der Waals surface area (Å²) in [4.78, 5) is 28.8. The van der Waals surface area contributed by atoms with E-state index in [0.29, 0.717) is 21.9 Å². The highest BCUT2D eigenvalue weighted by Crippen LogP contribution is 2.24. The molecule has 0 aliphatic carbocycles. The van der Waals surface area contributed by atoms with E-state index in [-0.39, 0.29) is 11.2 Å². The molecule has 0 saturated carbocycles. The quantitative estimate of drug-likeness (QED) is 0.331. The minimum atomic E-state index is -0.00132. The first-order chi connectivity index (χ1) is 14.2. The van der Waals surface area contributed by atoms with E-state index in [2.05, 4.69) is 4.98 Å². The normalized spacial score (nSPS) is 11.0. The number of ketones is 1. The highest BCUT2D eigenvalue weighted by Gasteiger charge is 2.10. The summed E-state index contributed by atoms with van der Waals surface area (Å²) in [5, 5.41) is 1.34. The van der Waals surface area contributed by atoms with Crippen molar-refractivity contribution in [1.29, 1.82) is 0 Å². The molecule has 0 fully saturated rings. The number of rotatable bonds is 3. The van der Waals surface area contributed by atoms with Crippen molar-refractivity contribution in [3.8, 4) is 11.1 Å². The molecule has 3 nitrogen and oxygen atoms in total. The molecule has 0 bridgehead atoms. The Morgan fingerprint density at radius 2 is 1.21 bits per heavy atom. The molecule has 0 unspecified atom stereocenters. The van der Waals surface area contributed by atoms with Crippen LogP contribution in [0, 0.1) is 0 Å². The van der Waals surface area contributed by atoms with E-state index in [1.807, 2.05) is 97.1 Å². The number of aromatic amines is 1. The van der Waals surface area contributed by atoms with Crippen LogP contribution in [-0.2, 0) is 0 Å². The summed E-state index contributed by atoms with van der Waals surface area (Å²) >= 11 is 0. The van der Waals surface area contributed by atoms with Gasteiger partial charge in [-0.25, -0.2) is 0 Å². The lowest BCUT2D eigenvalue weighted by Crippen LogP contribution is -2.04. The molecule has 0 amide bonds. The summed E-state index contributed by atoms with van der Waals surface area (Å²) in [6, 6.07) is 30.1. The molecule has 138 valence electrons. The van der Waals surface area contributed by atoms with Crippen molar-refractivity contribution in [1.82, 2.24) is 4.98 Å². The standard InChI is InChI=1S/C26H17NO2/c28-25(18-6-2-1-3-7-18)19-12-10-17(11-13-19)20-14-15-24-22(16-20)26(29)21-8-4-5-9-23(21)27-24/h1-16H,(H,27,29). The average molecular weight is 375 g/mol. The van der Waals surface area contributed by atoms with Crippen LogP contribution in [0.2, 0.25) is 0 Å². The number of carbonyl (C=O) groups is 1. The van der Waals surface area contributed by atoms with E-state index in [4.69, 9.17) is 0 Å². The van der Waals surface area contributed by atoms with E-state index < -0.39 is 0 Å². The Balaban J connectivity index is 1.55. The first-order valence-electron chi connectivity index (χ1n) is 9.46. The predicted molar refractivity (Wildman–Crippen MR) is 117 cm³/mol. The fraction of sp³-hybridized carbons (Fsp3) is 0. The maximum Gasteiger partial charge on any atom is 0.197 e. The highest BCUT2D eigenvalue weighted by atomic mass is 16.1. The second-order valence-corrected chi connectivity index (χ2v) is 7.03. The lowest BCUT2D eigenvalue weighted by atomic mass is 9.98. The topological polar surface area (TPSA) is 49.9 Å². The number of carbonyl (C=O) groups excluding carboxylic acids is 1. The first-order valence-corrected chi connectivity index (χ1v) is 9.46. The van der Waals surface area contributed by atoms with Crippen LogP contribution in [0.4, 0.5) is 0 Å². The van der Waals surface area contributed by atoms with Gasteiger partial charge in [0.15, 0.2) is 11.2 Å². The number of para-hydroxylation sites is 1. The van der Waals surface area contributed by atoms with Crippen molar-refractivity contribution in [3.05, 3.63) is 118 Å². The molecule has 5 rings (SSSR count). The van der Waals surface area contributed by atoms with Gasteiger partial charge in [-0.3, -0.25) is 9.59 Å². The van der Waals surface area contributed by atoms with Crippen LogP contribution < -0.4 is 5.43 Å². The number of pyridine rings is 1. The lowest BCUT2D eigenvalue weighted by molar-refractivity contribution is 0.103. The van der Waals surface area contributed by atoms with Crippen LogP contribution in [-0.4, -0.2) is 10.8 Å². The second-order valence-electron chi connectivity index (χ2n) is 7.03. The monoisotopic (exact) mass is 375 g/mol. The summed E-state index contributed by atoms with van der Waals surface area (Å²) in [6.45, 7) is 0. The molecule has 1 N–H and O–H groups in total. The van der Waals surface area contributed by atoms with Crippen molar-refractivity contribution in [3.63, 3.8) is 0 Å². The van der Waals surface area contributed by atoms with Gasteiger partial charge < -0.3 is 4.98 Å². The molecule has 29 heavy (non-hydrogen) atoms. The van der Waals surface area contributed by atoms with Crippen LogP contribution in [0.1, 0.15) is 15.9 Å². The largest absolute Gasteiger partial charge is 0.354 e. The number of H-pyrrole nitrogens is 1. The third kappa shape index (κ3) is 3.03. The van der Waals surface area contributed by atoms with Crippen LogP contribution >= 0.6 is 0 Å². The Kier molecular flexibility index (Phi) is 4.07. The third-order valence-electron chi connectivity index (χ3n) is 5.22. The van der Waals surface area contributed by atoms with Gasteiger partial charge in [-0.1, -0.05) is 72.8 Å². The lowest BCUT2D eigenvalue weighted by Gasteiger charge is -2.07. The van der Waals surface area contributed by atoms with Gasteiger partial charge in [0.05, 0.1) is 0 Å². The molecule has 0 saturated heterocycles. The number of benzene rings is 4. The molecule has 0 aliphatic heterocycles. The van der Waals surface area contributed by atoms with Crippen molar-refractivity contribution in [2.45, 2.75) is 0 Å². The SMILES string of the molecule is O=C(c1ccccc1)c1ccc(-c2ccc3[nH]c4ccccc4c(=O)c3c2)cc1. The Hall–Kier alpha value is -3.98. The Morgan fingerprint density at radius 3 is 2.00 bits per heavy atom. The molecular formula is C26H17NO2. The van der Waals surface area contributed by atoms with Gasteiger partial charge in [-0.05, 0) is 35.4 Å². The summed E-state index contributed by atoms with van der Waals surface area (Å²) in [5.41, 5.74) is 4.89. The van der Waals surface area contributed by atoms with E-state index in [0.717, 1.165) is 22.2 Å².